The first kappa shape index (κ1) is 13.0. The quantitative estimate of drug-likeness (QED) is 0.877. The van der Waals surface area contributed by atoms with Crippen molar-refractivity contribution in [1.82, 2.24) is 10.3 Å². The predicted octanol–water partition coefficient (Wildman–Crippen LogP) is 2.97. The average molecular weight is 254 g/mol. The van der Waals surface area contributed by atoms with Crippen molar-refractivity contribution in [3.63, 3.8) is 0 Å². The van der Waals surface area contributed by atoms with Crippen molar-refractivity contribution in [1.29, 1.82) is 0 Å². The Labute approximate surface area is 108 Å². The van der Waals surface area contributed by atoms with Crippen LogP contribution in [0.1, 0.15) is 44.4 Å². The topological polar surface area (TPSA) is 34.2 Å². The molecule has 0 amide bonds. The van der Waals surface area contributed by atoms with Gasteiger partial charge in [-0.05, 0) is 25.7 Å². The maximum absolute atomic E-state index is 5.98. The van der Waals surface area contributed by atoms with E-state index in [2.05, 4.69) is 24.1 Å². The van der Waals surface area contributed by atoms with Gasteiger partial charge in [-0.3, -0.25) is 4.98 Å². The van der Waals surface area contributed by atoms with Gasteiger partial charge in [0.1, 0.15) is 0 Å². The van der Waals surface area contributed by atoms with Crippen LogP contribution >= 0.6 is 11.3 Å². The minimum Gasteiger partial charge on any atom is -0.375 e. The number of ether oxygens (including phenoxy) is 1. The second kappa shape index (κ2) is 5.94. The fraction of sp³-hybridized carbons (Fsp3) is 0.769. The summed E-state index contributed by atoms with van der Waals surface area (Å²) < 4.78 is 5.98. The van der Waals surface area contributed by atoms with Gasteiger partial charge in [-0.1, -0.05) is 13.8 Å². The molecule has 3 nitrogen and oxygen atoms in total. The van der Waals surface area contributed by atoms with Crippen molar-refractivity contribution >= 4 is 11.3 Å². The highest BCUT2D eigenvalue weighted by Gasteiger charge is 2.34. The third-order valence-corrected chi connectivity index (χ3v) is 4.61. The summed E-state index contributed by atoms with van der Waals surface area (Å²) in [6.07, 6.45) is 6.44. The summed E-state index contributed by atoms with van der Waals surface area (Å²) >= 11 is 1.72. The molecule has 1 aliphatic rings. The van der Waals surface area contributed by atoms with Gasteiger partial charge in [-0.25, -0.2) is 0 Å². The zero-order valence-corrected chi connectivity index (χ0v) is 11.6. The van der Waals surface area contributed by atoms with E-state index in [4.69, 9.17) is 4.74 Å². The summed E-state index contributed by atoms with van der Waals surface area (Å²) in [5.41, 5.74) is 2.01. The second-order valence-corrected chi connectivity index (χ2v) is 5.75. The van der Waals surface area contributed by atoms with Crippen LogP contribution < -0.4 is 5.32 Å². The smallest absolute Gasteiger partial charge is 0.0794 e. The predicted molar refractivity (Wildman–Crippen MR) is 71.2 cm³/mol. The van der Waals surface area contributed by atoms with Crippen LogP contribution in [-0.2, 0) is 11.3 Å². The van der Waals surface area contributed by atoms with Gasteiger partial charge in [-0.2, -0.15) is 0 Å². The Hall–Kier alpha value is -0.450. The zero-order chi connectivity index (χ0) is 12.1. The molecule has 1 aromatic heterocycles. The SMILES string of the molecule is CCC1(CC)CC(NCc2cncs2)CCO1. The standard InChI is InChI=1S/C13H22N2OS/c1-3-13(4-2)7-11(5-6-16-13)15-9-12-8-14-10-17-12/h8,10-11,15H,3-7,9H2,1-2H3. The number of hydrogen-bond acceptors (Lipinski definition) is 4. The van der Waals surface area contributed by atoms with Crippen molar-refractivity contribution in [2.45, 2.75) is 57.7 Å². The van der Waals surface area contributed by atoms with Crippen LogP contribution in [0.5, 0.6) is 0 Å². The maximum Gasteiger partial charge on any atom is 0.0794 e. The first-order valence-corrected chi connectivity index (χ1v) is 7.40. The normalized spacial score (nSPS) is 23.8. The molecule has 2 rings (SSSR count). The molecule has 0 aliphatic carbocycles. The highest BCUT2D eigenvalue weighted by molar-refractivity contribution is 7.09. The van der Waals surface area contributed by atoms with E-state index in [-0.39, 0.29) is 5.60 Å². The molecule has 1 unspecified atom stereocenters. The van der Waals surface area contributed by atoms with Crippen LogP contribution in [0, 0.1) is 0 Å². The van der Waals surface area contributed by atoms with Gasteiger partial charge in [0.25, 0.3) is 0 Å². The Morgan fingerprint density at radius 3 is 3.00 bits per heavy atom. The van der Waals surface area contributed by atoms with E-state index in [0.717, 1.165) is 38.8 Å². The summed E-state index contributed by atoms with van der Waals surface area (Å²) in [6.45, 7) is 6.30. The van der Waals surface area contributed by atoms with E-state index in [9.17, 15) is 0 Å². The van der Waals surface area contributed by atoms with E-state index in [1.54, 1.807) is 11.3 Å². The molecule has 1 fully saturated rings. The van der Waals surface area contributed by atoms with Crippen LogP contribution in [0.25, 0.3) is 0 Å². The van der Waals surface area contributed by atoms with Crippen LogP contribution in [0.3, 0.4) is 0 Å². The molecule has 96 valence electrons. The highest BCUT2D eigenvalue weighted by atomic mass is 32.1. The molecule has 2 heterocycles. The minimum absolute atomic E-state index is 0.115. The van der Waals surface area contributed by atoms with Crippen LogP contribution in [0.4, 0.5) is 0 Å². The van der Waals surface area contributed by atoms with Gasteiger partial charge in [-0.15, -0.1) is 11.3 Å². The molecule has 1 saturated heterocycles. The third kappa shape index (κ3) is 3.27. The van der Waals surface area contributed by atoms with Gasteiger partial charge in [0.2, 0.25) is 0 Å². The summed E-state index contributed by atoms with van der Waals surface area (Å²) in [4.78, 5) is 5.42. The molecule has 0 radical (unpaired) electrons. The van der Waals surface area contributed by atoms with Gasteiger partial charge >= 0.3 is 0 Å². The molecule has 0 saturated carbocycles. The summed E-state index contributed by atoms with van der Waals surface area (Å²) in [6, 6.07) is 0.589. The summed E-state index contributed by atoms with van der Waals surface area (Å²) in [5, 5.41) is 3.64. The van der Waals surface area contributed by atoms with Crippen molar-refractivity contribution < 1.29 is 4.74 Å². The van der Waals surface area contributed by atoms with Crippen molar-refractivity contribution in [3.05, 3.63) is 16.6 Å². The lowest BCUT2D eigenvalue weighted by Gasteiger charge is -2.40. The molecule has 4 heteroatoms. The number of thiazole rings is 1. The molecule has 1 aromatic rings. The number of nitrogens with zero attached hydrogens (tertiary/aromatic N) is 1. The number of hydrogen-bond donors (Lipinski definition) is 1. The third-order valence-electron chi connectivity index (χ3n) is 3.83. The van der Waals surface area contributed by atoms with Crippen LogP contribution in [0.15, 0.2) is 11.7 Å². The minimum atomic E-state index is 0.115. The number of aromatic nitrogens is 1. The lowest BCUT2D eigenvalue weighted by molar-refractivity contribution is -0.0931. The largest absolute Gasteiger partial charge is 0.375 e. The maximum atomic E-state index is 5.98. The Morgan fingerprint density at radius 2 is 2.35 bits per heavy atom. The molecule has 1 N–H and O–H groups in total. The Kier molecular flexibility index (Phi) is 4.54. The lowest BCUT2D eigenvalue weighted by Crippen LogP contribution is -2.46. The fourth-order valence-corrected chi connectivity index (χ4v) is 3.06. The first-order valence-electron chi connectivity index (χ1n) is 6.52. The first-order chi connectivity index (χ1) is 8.28. The van der Waals surface area contributed by atoms with Crippen molar-refractivity contribution in [3.8, 4) is 0 Å². The van der Waals surface area contributed by atoms with Crippen molar-refractivity contribution in [2.75, 3.05) is 6.61 Å². The highest BCUT2D eigenvalue weighted by Crippen LogP contribution is 2.31. The molecule has 1 aliphatic heterocycles. The average Bonchev–Trinajstić information content (AvgIpc) is 2.90. The van der Waals surface area contributed by atoms with Gasteiger partial charge in [0.05, 0.1) is 11.1 Å². The van der Waals surface area contributed by atoms with E-state index in [1.807, 2.05) is 11.7 Å². The molecule has 0 bridgehead atoms. The van der Waals surface area contributed by atoms with E-state index >= 15 is 0 Å². The molecular formula is C13H22N2OS. The Morgan fingerprint density at radius 1 is 1.53 bits per heavy atom. The van der Waals surface area contributed by atoms with E-state index in [0.29, 0.717) is 6.04 Å². The number of rotatable bonds is 5. The van der Waals surface area contributed by atoms with Crippen LogP contribution in [0.2, 0.25) is 0 Å². The molecular weight excluding hydrogens is 232 g/mol. The van der Waals surface area contributed by atoms with E-state index < -0.39 is 0 Å². The van der Waals surface area contributed by atoms with Gasteiger partial charge in [0.15, 0.2) is 0 Å². The van der Waals surface area contributed by atoms with Crippen LogP contribution in [-0.4, -0.2) is 23.2 Å². The molecule has 1 atom stereocenters. The molecule has 17 heavy (non-hydrogen) atoms. The second-order valence-electron chi connectivity index (χ2n) is 4.78. The summed E-state index contributed by atoms with van der Waals surface area (Å²) in [7, 11) is 0. The van der Waals surface area contributed by atoms with E-state index in [1.165, 1.54) is 4.88 Å². The Bertz CT molecular complexity index is 322. The Balaban J connectivity index is 1.85. The van der Waals surface area contributed by atoms with Gasteiger partial charge in [0, 0.05) is 30.3 Å². The summed E-state index contributed by atoms with van der Waals surface area (Å²) in [5.74, 6) is 0. The monoisotopic (exact) mass is 254 g/mol. The molecule has 0 aromatic carbocycles. The fourth-order valence-electron chi connectivity index (χ4n) is 2.52. The molecule has 0 spiro atoms. The lowest BCUT2D eigenvalue weighted by atomic mass is 9.86. The van der Waals surface area contributed by atoms with Gasteiger partial charge < -0.3 is 10.1 Å². The zero-order valence-electron chi connectivity index (χ0n) is 10.7. The van der Waals surface area contributed by atoms with Crippen molar-refractivity contribution in [2.24, 2.45) is 0 Å². The number of nitrogens with one attached hydrogen (secondary N) is 1.